The van der Waals surface area contributed by atoms with Crippen LogP contribution in [0.5, 0.6) is 0 Å². The number of amides is 4. The van der Waals surface area contributed by atoms with E-state index in [1.54, 1.807) is 23.7 Å². The summed E-state index contributed by atoms with van der Waals surface area (Å²) in [4.78, 5) is 41.0. The highest BCUT2D eigenvalue weighted by atomic mass is 32.1. The lowest BCUT2D eigenvalue weighted by molar-refractivity contribution is -0.111. The fourth-order valence-electron chi connectivity index (χ4n) is 4.11. The number of nitrogens with two attached hydrogens (primary N) is 2. The number of nitrogens with one attached hydrogen (secondary N) is 3. The Morgan fingerprint density at radius 3 is 2.48 bits per heavy atom. The molecule has 200 valence electrons. The summed E-state index contributed by atoms with van der Waals surface area (Å²) in [6.45, 7) is 1.96. The van der Waals surface area contributed by atoms with E-state index in [0.29, 0.717) is 22.9 Å². The number of fused-ring (bicyclic) bond motifs is 1. The number of hydrogen-bond donors (Lipinski definition) is 5. The van der Waals surface area contributed by atoms with Crippen molar-refractivity contribution in [1.29, 1.82) is 0 Å². The molecule has 5 rings (SSSR count). The van der Waals surface area contributed by atoms with Crippen LogP contribution in [0, 0.1) is 6.92 Å². The van der Waals surface area contributed by atoms with Gasteiger partial charge in [0, 0.05) is 44.9 Å². The Kier molecular flexibility index (Phi) is 7.58. The van der Waals surface area contributed by atoms with Crippen LogP contribution in [0.4, 0.5) is 27.7 Å². The van der Waals surface area contributed by atoms with E-state index in [0.717, 1.165) is 43.7 Å². The average Bonchev–Trinajstić information content (AvgIpc) is 3.57. The fraction of sp³-hybridized carbons (Fsp3) is 0.0345. The van der Waals surface area contributed by atoms with E-state index in [1.165, 1.54) is 17.4 Å². The maximum atomic E-state index is 12.5. The van der Waals surface area contributed by atoms with Gasteiger partial charge in [0.2, 0.25) is 5.91 Å². The number of aryl methyl sites for hydroxylation is 1. The number of benzene rings is 2. The lowest BCUT2D eigenvalue weighted by atomic mass is 10.0. The Morgan fingerprint density at radius 2 is 1.73 bits per heavy atom. The van der Waals surface area contributed by atoms with Gasteiger partial charge in [-0.15, -0.1) is 22.7 Å². The molecule has 0 aliphatic carbocycles. The number of pyridine rings is 1. The molecule has 7 N–H and O–H groups in total. The molecule has 11 heteroatoms. The molecule has 3 heterocycles. The number of rotatable bonds is 7. The second-order valence-corrected chi connectivity index (χ2v) is 10.6. The molecule has 0 saturated heterocycles. The molecule has 0 aliphatic heterocycles. The maximum Gasteiger partial charge on any atom is 0.323 e. The predicted molar refractivity (Wildman–Crippen MR) is 164 cm³/mol. The molecule has 3 aromatic heterocycles. The summed E-state index contributed by atoms with van der Waals surface area (Å²) in [5.74, 6) is -0.631. The van der Waals surface area contributed by atoms with Crippen LogP contribution in [0.3, 0.4) is 0 Å². The van der Waals surface area contributed by atoms with Gasteiger partial charge < -0.3 is 27.4 Å². The zero-order valence-corrected chi connectivity index (χ0v) is 22.9. The van der Waals surface area contributed by atoms with Gasteiger partial charge in [-0.2, -0.15) is 0 Å². The number of carbonyl (C=O) groups is 3. The minimum absolute atomic E-state index is 0.286. The molecular formula is C29H24N6O3S2. The number of anilines is 4. The molecule has 0 unspecified atom stereocenters. The van der Waals surface area contributed by atoms with Crippen molar-refractivity contribution in [2.45, 2.75) is 6.92 Å². The number of primary amides is 1. The van der Waals surface area contributed by atoms with Crippen LogP contribution >= 0.6 is 22.7 Å². The van der Waals surface area contributed by atoms with Crippen molar-refractivity contribution in [3.05, 3.63) is 93.6 Å². The van der Waals surface area contributed by atoms with Crippen LogP contribution in [0.15, 0.2) is 77.6 Å². The SMILES string of the molecule is Cc1cccc(NC(=O)Nc2ccc(-c3csc4c(C=CC(=O)Nc5ccsc5C(N)=O)cnc(N)c34)cc2)c1. The molecule has 0 saturated carbocycles. The van der Waals surface area contributed by atoms with Crippen molar-refractivity contribution in [1.82, 2.24) is 4.98 Å². The van der Waals surface area contributed by atoms with E-state index in [9.17, 15) is 14.4 Å². The number of carbonyl (C=O) groups excluding carboxylic acids is 3. The van der Waals surface area contributed by atoms with Gasteiger partial charge in [-0.3, -0.25) is 9.59 Å². The number of urea groups is 1. The highest BCUT2D eigenvalue weighted by Crippen LogP contribution is 2.39. The van der Waals surface area contributed by atoms with E-state index >= 15 is 0 Å². The number of aromatic nitrogens is 1. The van der Waals surface area contributed by atoms with Crippen LogP contribution in [0.2, 0.25) is 0 Å². The largest absolute Gasteiger partial charge is 0.383 e. The lowest BCUT2D eigenvalue weighted by Crippen LogP contribution is -2.19. The van der Waals surface area contributed by atoms with Gasteiger partial charge in [-0.1, -0.05) is 24.3 Å². The Morgan fingerprint density at radius 1 is 0.950 bits per heavy atom. The summed E-state index contributed by atoms with van der Waals surface area (Å²) in [6, 6.07) is 16.3. The summed E-state index contributed by atoms with van der Waals surface area (Å²) in [5, 5.41) is 12.8. The zero-order chi connectivity index (χ0) is 28.2. The van der Waals surface area contributed by atoms with Crippen LogP contribution in [0.25, 0.3) is 27.3 Å². The lowest BCUT2D eigenvalue weighted by Gasteiger charge is -2.09. The third-order valence-corrected chi connectivity index (χ3v) is 7.90. The maximum absolute atomic E-state index is 12.5. The van der Waals surface area contributed by atoms with E-state index in [1.807, 2.05) is 60.8 Å². The van der Waals surface area contributed by atoms with E-state index in [2.05, 4.69) is 20.9 Å². The molecule has 0 radical (unpaired) electrons. The smallest absolute Gasteiger partial charge is 0.323 e. The van der Waals surface area contributed by atoms with Crippen LogP contribution in [-0.2, 0) is 4.79 Å². The molecule has 0 aliphatic rings. The minimum Gasteiger partial charge on any atom is -0.383 e. The van der Waals surface area contributed by atoms with E-state index in [-0.39, 0.29) is 10.9 Å². The summed E-state index contributed by atoms with van der Waals surface area (Å²) in [5.41, 5.74) is 16.9. The third kappa shape index (κ3) is 5.85. The molecular weight excluding hydrogens is 544 g/mol. The molecule has 0 atom stereocenters. The van der Waals surface area contributed by atoms with Crippen molar-refractivity contribution in [2.24, 2.45) is 5.73 Å². The molecule has 5 aromatic rings. The van der Waals surface area contributed by atoms with Gasteiger partial charge in [0.15, 0.2) is 0 Å². The quantitative estimate of drug-likeness (QED) is 0.146. The van der Waals surface area contributed by atoms with Crippen molar-refractivity contribution < 1.29 is 14.4 Å². The number of thiophene rings is 2. The van der Waals surface area contributed by atoms with Gasteiger partial charge in [0.1, 0.15) is 10.7 Å². The van der Waals surface area contributed by atoms with Crippen LogP contribution < -0.4 is 27.4 Å². The molecule has 4 amide bonds. The van der Waals surface area contributed by atoms with Crippen LogP contribution in [-0.4, -0.2) is 22.8 Å². The number of nitrogen functional groups attached to an aromatic ring is 1. The third-order valence-electron chi connectivity index (χ3n) is 5.94. The predicted octanol–water partition coefficient (Wildman–Crippen LogP) is 6.31. The first-order valence-electron chi connectivity index (χ1n) is 12.1. The molecule has 0 bridgehead atoms. The first-order chi connectivity index (χ1) is 19.3. The summed E-state index contributed by atoms with van der Waals surface area (Å²) >= 11 is 2.65. The Labute approximate surface area is 237 Å². The normalized spacial score (nSPS) is 11.0. The fourth-order valence-corrected chi connectivity index (χ4v) is 5.89. The minimum atomic E-state index is -0.598. The monoisotopic (exact) mass is 568 g/mol. The van der Waals surface area contributed by atoms with Crippen molar-refractivity contribution >= 4 is 79.6 Å². The molecule has 2 aromatic carbocycles. The van der Waals surface area contributed by atoms with Crippen LogP contribution in [0.1, 0.15) is 20.8 Å². The molecule has 0 spiro atoms. The van der Waals surface area contributed by atoms with Gasteiger partial charge in [0.05, 0.1) is 5.69 Å². The van der Waals surface area contributed by atoms with Crippen molar-refractivity contribution in [3.8, 4) is 11.1 Å². The first-order valence-corrected chi connectivity index (χ1v) is 13.8. The van der Waals surface area contributed by atoms with Crippen molar-refractivity contribution in [3.63, 3.8) is 0 Å². The van der Waals surface area contributed by atoms with E-state index < -0.39 is 11.8 Å². The Hall–Kier alpha value is -5.00. The number of hydrogen-bond acceptors (Lipinski definition) is 7. The van der Waals surface area contributed by atoms with Crippen molar-refractivity contribution in [2.75, 3.05) is 21.7 Å². The zero-order valence-electron chi connectivity index (χ0n) is 21.2. The van der Waals surface area contributed by atoms with Gasteiger partial charge in [-0.25, -0.2) is 9.78 Å². The molecule has 9 nitrogen and oxygen atoms in total. The standard InChI is InChI=1S/C29H24N6O3S2/c1-16-3-2-4-20(13-16)34-29(38)33-19-8-5-17(6-9-19)21-15-40-25-18(14-32-27(30)24(21)25)7-10-23(36)35-22-11-12-39-26(22)28(31)37/h2-15H,1H3,(H2,30,32)(H2,31,37)(H,35,36)(H2,33,34,38). The number of nitrogens with zero attached hydrogens (tertiary/aromatic N) is 1. The Balaban J connectivity index is 1.32. The summed E-state index contributed by atoms with van der Waals surface area (Å²) in [7, 11) is 0. The van der Waals surface area contributed by atoms with Gasteiger partial charge in [-0.05, 0) is 65.2 Å². The summed E-state index contributed by atoms with van der Waals surface area (Å²) in [6.07, 6.45) is 4.64. The van der Waals surface area contributed by atoms with E-state index in [4.69, 9.17) is 11.5 Å². The Bertz CT molecular complexity index is 1770. The van der Waals surface area contributed by atoms with Gasteiger partial charge >= 0.3 is 6.03 Å². The first kappa shape index (κ1) is 26.6. The highest BCUT2D eigenvalue weighted by Gasteiger charge is 2.15. The molecule has 40 heavy (non-hydrogen) atoms. The highest BCUT2D eigenvalue weighted by molar-refractivity contribution is 7.18. The summed E-state index contributed by atoms with van der Waals surface area (Å²) < 4.78 is 0.875. The topological polar surface area (TPSA) is 152 Å². The average molecular weight is 569 g/mol. The second kappa shape index (κ2) is 11.4. The molecule has 0 fully saturated rings. The second-order valence-electron chi connectivity index (χ2n) is 8.83. The van der Waals surface area contributed by atoms with Gasteiger partial charge in [0.25, 0.3) is 5.91 Å².